The normalized spacial score (nSPS) is 20.3. The molecule has 0 radical (unpaired) electrons. The van der Waals surface area contributed by atoms with Gasteiger partial charge in [0, 0.05) is 36.8 Å². The van der Waals surface area contributed by atoms with Crippen molar-refractivity contribution in [2.45, 2.75) is 51.7 Å². The van der Waals surface area contributed by atoms with Crippen LogP contribution in [-0.2, 0) is 13.2 Å². The number of nitrogens with zero attached hydrogens (tertiary/aromatic N) is 3. The molecule has 2 amide bonds. The minimum atomic E-state index is -1.29. The summed E-state index contributed by atoms with van der Waals surface area (Å²) in [6.45, 7) is 3.10. The summed E-state index contributed by atoms with van der Waals surface area (Å²) in [5.41, 5.74) is -0.522. The molecule has 5 rings (SSSR count). The Morgan fingerprint density at radius 3 is 2.56 bits per heavy atom. The maximum Gasteiger partial charge on any atom is 0.278 e. The van der Waals surface area contributed by atoms with Gasteiger partial charge in [-0.05, 0) is 25.5 Å². The van der Waals surface area contributed by atoms with Crippen LogP contribution >= 0.6 is 0 Å². The molecule has 3 heterocycles. The molecule has 2 aliphatic rings. The van der Waals surface area contributed by atoms with Crippen LogP contribution in [0.5, 0.6) is 5.75 Å². The van der Waals surface area contributed by atoms with Gasteiger partial charge in [-0.15, -0.1) is 0 Å². The second-order valence-electron chi connectivity index (χ2n) is 9.78. The number of benzene rings is 2. The summed E-state index contributed by atoms with van der Waals surface area (Å²) in [5, 5.41) is 4.19. The van der Waals surface area contributed by atoms with E-state index in [2.05, 4.69) is 5.32 Å². The van der Waals surface area contributed by atoms with Crippen LogP contribution in [0.15, 0.2) is 59.5 Å². The predicted octanol–water partition coefficient (Wildman–Crippen LogP) is 3.51. The van der Waals surface area contributed by atoms with Gasteiger partial charge in [-0.25, -0.2) is 13.2 Å². The van der Waals surface area contributed by atoms with Crippen LogP contribution in [0.25, 0.3) is 0 Å². The Labute approximate surface area is 222 Å². The molecule has 204 valence electrons. The Hall–Kier alpha value is -4.28. The maximum atomic E-state index is 15.0. The fourth-order valence-corrected chi connectivity index (χ4v) is 4.87. The molecule has 2 aromatic carbocycles. The van der Waals surface area contributed by atoms with Crippen molar-refractivity contribution in [3.05, 3.63) is 99.0 Å². The maximum absolute atomic E-state index is 15.0. The van der Waals surface area contributed by atoms with E-state index >= 15 is 0 Å². The first-order valence-corrected chi connectivity index (χ1v) is 12.6. The topological polar surface area (TPSA) is 83.9 Å². The minimum absolute atomic E-state index is 0.0262. The van der Waals surface area contributed by atoms with Gasteiger partial charge in [-0.2, -0.15) is 0 Å². The molecular weight excluding hydrogens is 513 g/mol. The van der Waals surface area contributed by atoms with Gasteiger partial charge in [0.25, 0.3) is 11.8 Å². The summed E-state index contributed by atoms with van der Waals surface area (Å²) in [7, 11) is 0. The number of carbonyl (C=O) groups is 2. The number of ether oxygens (including phenoxy) is 1. The number of fused-ring (bicyclic) bond motifs is 4. The van der Waals surface area contributed by atoms with Crippen LogP contribution in [0.3, 0.4) is 0 Å². The summed E-state index contributed by atoms with van der Waals surface area (Å²) in [6.07, 6.45) is 0.0677. The van der Waals surface area contributed by atoms with Gasteiger partial charge >= 0.3 is 0 Å². The fourth-order valence-electron chi connectivity index (χ4n) is 4.87. The second-order valence-corrected chi connectivity index (χ2v) is 9.78. The van der Waals surface area contributed by atoms with Crippen molar-refractivity contribution in [2.75, 3.05) is 11.7 Å². The lowest BCUT2D eigenvalue weighted by Gasteiger charge is -2.42. The van der Waals surface area contributed by atoms with Crippen LogP contribution < -0.4 is 20.5 Å². The predicted molar refractivity (Wildman–Crippen MR) is 137 cm³/mol. The molecule has 3 aromatic rings. The monoisotopic (exact) mass is 540 g/mol. The van der Waals surface area contributed by atoms with Crippen molar-refractivity contribution in [3.63, 3.8) is 0 Å². The molecule has 2 aliphatic heterocycles. The Balaban J connectivity index is 1.57. The third kappa shape index (κ3) is 4.96. The van der Waals surface area contributed by atoms with E-state index in [1.807, 2.05) is 6.07 Å². The minimum Gasteiger partial charge on any atom is -0.482 e. The molecule has 1 fully saturated rings. The third-order valence-corrected chi connectivity index (χ3v) is 7.20. The zero-order valence-electron chi connectivity index (χ0n) is 21.4. The second kappa shape index (κ2) is 10.5. The summed E-state index contributed by atoms with van der Waals surface area (Å²) in [6, 6.07) is 10.8. The lowest BCUT2D eigenvalue weighted by atomic mass is 10.1. The van der Waals surface area contributed by atoms with Crippen LogP contribution in [0.4, 0.5) is 13.2 Å². The quantitative estimate of drug-likeness (QED) is 0.518. The Morgan fingerprint density at radius 1 is 1.10 bits per heavy atom. The number of carbonyl (C=O) groups excluding carboxylic acids is 2. The smallest absolute Gasteiger partial charge is 0.278 e. The van der Waals surface area contributed by atoms with Crippen LogP contribution in [0.2, 0.25) is 0 Å². The van der Waals surface area contributed by atoms with Crippen molar-refractivity contribution in [3.8, 4) is 5.75 Å². The molecule has 1 aromatic heterocycles. The number of alkyl halides is 1. The van der Waals surface area contributed by atoms with E-state index in [0.717, 1.165) is 11.6 Å². The van der Waals surface area contributed by atoms with Crippen molar-refractivity contribution in [2.24, 2.45) is 0 Å². The summed E-state index contributed by atoms with van der Waals surface area (Å²) < 4.78 is 49.6. The molecule has 39 heavy (non-hydrogen) atoms. The van der Waals surface area contributed by atoms with Crippen molar-refractivity contribution < 1.29 is 27.5 Å². The molecule has 2 bridgehead atoms. The largest absolute Gasteiger partial charge is 0.482 e. The molecule has 1 saturated heterocycles. The van der Waals surface area contributed by atoms with Gasteiger partial charge in [-0.3, -0.25) is 24.1 Å². The van der Waals surface area contributed by atoms with Gasteiger partial charge < -0.3 is 15.0 Å². The highest BCUT2D eigenvalue weighted by Gasteiger charge is 2.43. The Morgan fingerprint density at radius 2 is 1.85 bits per heavy atom. The number of hydrogen-bond donors (Lipinski definition) is 1. The molecule has 0 aliphatic carbocycles. The average Bonchev–Trinajstić information content (AvgIpc) is 3.01. The van der Waals surface area contributed by atoms with Gasteiger partial charge in [0.1, 0.15) is 36.6 Å². The van der Waals surface area contributed by atoms with E-state index in [1.165, 1.54) is 21.8 Å². The zero-order chi connectivity index (χ0) is 27.8. The van der Waals surface area contributed by atoms with E-state index in [0.29, 0.717) is 6.07 Å². The molecule has 1 N–H and O–H groups in total. The number of aromatic nitrogens is 1. The van der Waals surface area contributed by atoms with Gasteiger partial charge in [-0.1, -0.05) is 36.4 Å². The summed E-state index contributed by atoms with van der Waals surface area (Å²) in [4.78, 5) is 41.8. The van der Waals surface area contributed by atoms with E-state index in [9.17, 15) is 27.6 Å². The van der Waals surface area contributed by atoms with E-state index in [1.54, 1.807) is 43.1 Å². The Bertz CT molecular complexity index is 1480. The van der Waals surface area contributed by atoms with E-state index in [4.69, 9.17) is 4.74 Å². The first kappa shape index (κ1) is 26.3. The number of pyridine rings is 1. The number of nitrogens with one attached hydrogen (secondary N) is 1. The lowest BCUT2D eigenvalue weighted by molar-refractivity contribution is 0.0550. The van der Waals surface area contributed by atoms with E-state index in [-0.39, 0.29) is 54.9 Å². The highest BCUT2D eigenvalue weighted by atomic mass is 19.1. The van der Waals surface area contributed by atoms with Gasteiger partial charge in [0.2, 0.25) is 5.43 Å². The number of amides is 2. The van der Waals surface area contributed by atoms with Crippen LogP contribution in [0, 0.1) is 11.6 Å². The molecule has 3 atom stereocenters. The van der Waals surface area contributed by atoms with Crippen molar-refractivity contribution in [1.29, 1.82) is 0 Å². The SMILES string of the molecule is C[C@H]1[C@@H](F)C[C@H](C)N2CN1C(=O)c1c(OCc3ccccc3)c(=O)c(C(=O)NCc3ccc(F)cc3F)cn12. The number of halogens is 3. The van der Waals surface area contributed by atoms with Crippen LogP contribution in [0.1, 0.15) is 52.2 Å². The molecule has 11 heteroatoms. The third-order valence-electron chi connectivity index (χ3n) is 7.20. The van der Waals surface area contributed by atoms with Gasteiger partial charge in [0.15, 0.2) is 11.4 Å². The highest BCUT2D eigenvalue weighted by Crippen LogP contribution is 2.31. The average molecular weight is 541 g/mol. The highest BCUT2D eigenvalue weighted by molar-refractivity contribution is 5.99. The molecule has 0 spiro atoms. The molecule has 0 saturated carbocycles. The first-order valence-electron chi connectivity index (χ1n) is 12.6. The van der Waals surface area contributed by atoms with Crippen molar-refractivity contribution >= 4 is 11.8 Å². The lowest BCUT2D eigenvalue weighted by Crippen LogP contribution is -2.57. The van der Waals surface area contributed by atoms with Crippen LogP contribution in [-0.4, -0.2) is 46.3 Å². The fraction of sp³-hybridized carbons (Fsp3) is 0.321. The Kier molecular flexibility index (Phi) is 7.07. The van der Waals surface area contributed by atoms with Crippen molar-refractivity contribution in [1.82, 2.24) is 14.9 Å². The van der Waals surface area contributed by atoms with Gasteiger partial charge in [0.05, 0.1) is 6.04 Å². The number of hydrogen-bond acceptors (Lipinski definition) is 5. The number of rotatable bonds is 6. The summed E-state index contributed by atoms with van der Waals surface area (Å²) in [5.74, 6) is -3.36. The molecular formula is C28H27F3N4O4. The molecule has 0 unspecified atom stereocenters. The molecule has 8 nitrogen and oxygen atoms in total. The first-order chi connectivity index (χ1) is 18.7. The summed E-state index contributed by atoms with van der Waals surface area (Å²) >= 11 is 0. The van der Waals surface area contributed by atoms with E-state index < -0.39 is 41.1 Å². The zero-order valence-corrected chi connectivity index (χ0v) is 21.4. The standard InChI is InChI=1S/C28H27F3N4O4/c1-16-10-22(30)17(2)33-15-35(16)34-13-21(27(37)32-12-19-8-9-20(29)11-23(19)31)25(36)26(24(34)28(33)38)39-14-18-6-4-3-5-7-18/h3-9,11,13,16-17,22H,10,12,14-15H2,1-2H3,(H,32,37)/t16-,17-,22-/m0/s1.